The molecule has 21 nitrogen and oxygen atoms in total. The van der Waals surface area contributed by atoms with Crippen molar-refractivity contribution in [2.24, 2.45) is 5.92 Å². The summed E-state index contributed by atoms with van der Waals surface area (Å²) in [7, 11) is 0. The molecule has 3 heterocycles. The maximum absolute atomic E-state index is 15.6. The molecule has 21 heteroatoms. The highest BCUT2D eigenvalue weighted by molar-refractivity contribution is 5.89. The summed E-state index contributed by atoms with van der Waals surface area (Å²) in [5, 5.41) is 11.5. The lowest BCUT2D eigenvalue weighted by Crippen LogP contribution is -2.60. The van der Waals surface area contributed by atoms with E-state index >= 15 is 4.79 Å². The van der Waals surface area contributed by atoms with Gasteiger partial charge >= 0.3 is 29.8 Å². The Kier molecular flexibility index (Phi) is 21.2. The summed E-state index contributed by atoms with van der Waals surface area (Å²) in [6.07, 6.45) is -9.50. The first-order valence-electron chi connectivity index (χ1n) is 28.3. The second kappa shape index (κ2) is 29.5. The number of fused-ring (bicyclic) bond motifs is 1. The minimum Gasteiger partial charge on any atom is -0.507 e. The van der Waals surface area contributed by atoms with Gasteiger partial charge in [-0.15, -0.1) is 0 Å². The first-order valence-corrected chi connectivity index (χ1v) is 28.3. The fourth-order valence-electron chi connectivity index (χ4n) is 10.2. The van der Waals surface area contributed by atoms with Crippen LogP contribution in [0.3, 0.4) is 0 Å². The van der Waals surface area contributed by atoms with Crippen LogP contribution in [0.4, 0.5) is 0 Å². The SMILES string of the molecule is CC(=O)OC[C@@H]1C[C@H](OC(C)=O)[C@H](OC(C)=O)[C@H](OC[C@H]2O[C@@H](Oc3c(C4=CC(OCc5ccccc5)C(OCc5ccccc5)C(OCc5ccccc5)=C4)oc4cc(OCc5ccccc5)cc(O)c4c3=O)C(C)[C@@H](OC(C)=O)[C@H]2OC(C)=O)O1. The zero-order chi connectivity index (χ0) is 61.6. The van der Waals surface area contributed by atoms with Crippen LogP contribution in [-0.2, 0) is 103 Å². The largest absolute Gasteiger partial charge is 0.507 e. The Balaban J connectivity index is 1.16. The molecule has 5 aromatic carbocycles. The lowest BCUT2D eigenvalue weighted by molar-refractivity contribution is -0.306. The van der Waals surface area contributed by atoms with Crippen LogP contribution in [-0.4, -0.2) is 110 Å². The van der Waals surface area contributed by atoms with Gasteiger partial charge < -0.3 is 71.1 Å². The quantitative estimate of drug-likeness (QED) is 0.0438. The van der Waals surface area contributed by atoms with Crippen molar-refractivity contribution in [3.8, 4) is 17.2 Å². The van der Waals surface area contributed by atoms with Gasteiger partial charge in [0.2, 0.25) is 17.5 Å². The summed E-state index contributed by atoms with van der Waals surface area (Å²) in [5.74, 6) is -5.61. The highest BCUT2D eigenvalue weighted by atomic mass is 16.7. The predicted molar refractivity (Wildman–Crippen MR) is 309 cm³/mol. The van der Waals surface area contributed by atoms with Gasteiger partial charge in [0, 0.05) is 58.7 Å². The third-order valence-electron chi connectivity index (χ3n) is 14.2. The van der Waals surface area contributed by atoms with Crippen molar-refractivity contribution in [2.75, 3.05) is 13.2 Å². The number of rotatable bonds is 24. The summed E-state index contributed by atoms with van der Waals surface area (Å²) in [6, 6.07) is 40.6. The van der Waals surface area contributed by atoms with E-state index in [1.165, 1.54) is 19.1 Å². The molecule has 11 atom stereocenters. The van der Waals surface area contributed by atoms with E-state index in [1.54, 1.807) is 19.1 Å². The molecule has 1 aliphatic carbocycles. The predicted octanol–water partition coefficient (Wildman–Crippen LogP) is 8.91. The highest BCUT2D eigenvalue weighted by Crippen LogP contribution is 2.41. The Bertz CT molecular complexity index is 3460. The Morgan fingerprint density at radius 2 is 1.11 bits per heavy atom. The van der Waals surface area contributed by atoms with Gasteiger partial charge in [-0.05, 0) is 34.4 Å². The van der Waals surface area contributed by atoms with E-state index in [0.29, 0.717) is 0 Å². The first kappa shape index (κ1) is 62.7. The third kappa shape index (κ3) is 16.8. The van der Waals surface area contributed by atoms with Crippen molar-refractivity contribution in [3.05, 3.63) is 190 Å². The second-order valence-corrected chi connectivity index (χ2v) is 21.0. The average molecular weight is 1200 g/mol. The smallest absolute Gasteiger partial charge is 0.303 e. The minimum absolute atomic E-state index is 0.0790. The number of esters is 5. The Morgan fingerprint density at radius 1 is 0.575 bits per heavy atom. The van der Waals surface area contributed by atoms with Crippen LogP contribution in [0.5, 0.6) is 17.2 Å². The molecule has 0 bridgehead atoms. The van der Waals surface area contributed by atoms with Crippen LogP contribution in [0, 0.1) is 5.92 Å². The fourth-order valence-corrected chi connectivity index (χ4v) is 10.2. The van der Waals surface area contributed by atoms with Crippen molar-refractivity contribution in [2.45, 2.75) is 136 Å². The number of benzene rings is 5. The lowest BCUT2D eigenvalue weighted by atomic mass is 9.91. The molecular weight excluding hydrogens is 1130 g/mol. The van der Waals surface area contributed by atoms with Gasteiger partial charge in [0.25, 0.3) is 0 Å². The summed E-state index contributed by atoms with van der Waals surface area (Å²) in [4.78, 5) is 78.5. The Morgan fingerprint density at radius 3 is 1.69 bits per heavy atom. The molecule has 3 unspecified atom stereocenters. The standard InChI is InChI=1S/C66H68O21/c1-38-59(81-41(4)69)62(82-42(5)70)56(37-79-66-63(83-43(6)71)55(80-40(3)68)31-50(84-66)36-74-39(2)67)86-65(38)87-64-58(73)57-51(72)29-49(75-32-44-19-11-7-12-20-44)30-52(57)85-60(64)48-27-53(76-33-45-21-13-8-14-22-45)61(78-35-47-25-17-10-18-26-47)54(28-48)77-34-46-23-15-9-16-24-46/h7-30,38,50,53,55-56,59,61-63,65-66,72H,31-37H2,1-6H3/t38?,50-,53?,55-,56+,59+,61?,62-,63-,65-,66+/m0/s1. The molecule has 0 radical (unpaired) electrons. The van der Waals surface area contributed by atoms with Crippen LogP contribution in [0.15, 0.2) is 161 Å². The van der Waals surface area contributed by atoms with Gasteiger partial charge in [0.05, 0.1) is 31.8 Å². The summed E-state index contributed by atoms with van der Waals surface area (Å²) in [5.41, 5.74) is 2.58. The van der Waals surface area contributed by atoms with Gasteiger partial charge in [-0.25, -0.2) is 0 Å². The topological polar surface area (TPSA) is 256 Å². The first-order chi connectivity index (χ1) is 42.0. The molecule has 3 aliphatic rings. The van der Waals surface area contributed by atoms with Gasteiger partial charge in [-0.3, -0.25) is 28.8 Å². The molecule has 87 heavy (non-hydrogen) atoms. The van der Waals surface area contributed by atoms with E-state index in [4.69, 9.17) is 66.0 Å². The maximum atomic E-state index is 15.6. The number of aromatic hydroxyl groups is 1. The molecule has 2 fully saturated rings. The number of carbonyl (C=O) groups excluding carboxylic acids is 5. The van der Waals surface area contributed by atoms with Crippen LogP contribution in [0.25, 0.3) is 16.5 Å². The molecule has 2 saturated heterocycles. The van der Waals surface area contributed by atoms with Gasteiger partial charge in [-0.2, -0.15) is 0 Å². The molecule has 2 aliphatic heterocycles. The zero-order valence-corrected chi connectivity index (χ0v) is 48.8. The van der Waals surface area contributed by atoms with Crippen molar-refractivity contribution < 1.29 is 95.1 Å². The minimum atomic E-state index is -1.61. The number of phenolic OH excluding ortho intramolecular Hbond substituents is 1. The normalized spacial score (nSPS) is 23.4. The highest BCUT2D eigenvalue weighted by Gasteiger charge is 2.51. The van der Waals surface area contributed by atoms with Crippen molar-refractivity contribution in [1.29, 1.82) is 0 Å². The molecular formula is C66H68O21. The van der Waals surface area contributed by atoms with E-state index in [-0.39, 0.29) is 73.3 Å². The van der Waals surface area contributed by atoms with Crippen molar-refractivity contribution in [1.82, 2.24) is 0 Å². The monoisotopic (exact) mass is 1200 g/mol. The van der Waals surface area contributed by atoms with Crippen molar-refractivity contribution in [3.63, 3.8) is 0 Å². The van der Waals surface area contributed by atoms with E-state index in [2.05, 4.69) is 0 Å². The zero-order valence-electron chi connectivity index (χ0n) is 48.8. The number of ether oxygens (including phenoxy) is 13. The van der Waals surface area contributed by atoms with E-state index in [0.717, 1.165) is 49.9 Å². The van der Waals surface area contributed by atoms with Crippen molar-refractivity contribution >= 4 is 46.4 Å². The molecule has 458 valence electrons. The van der Waals surface area contributed by atoms with Crippen LogP contribution in [0.1, 0.15) is 76.0 Å². The number of allylic oxidation sites excluding steroid dienone is 2. The number of hydrogen-bond donors (Lipinski definition) is 1. The van der Waals surface area contributed by atoms with Crippen LogP contribution in [0.2, 0.25) is 0 Å². The average Bonchev–Trinajstić information content (AvgIpc) is 0.884. The molecule has 0 saturated carbocycles. The fraction of sp³-hybridized carbons (Fsp3) is 0.364. The van der Waals surface area contributed by atoms with Crippen LogP contribution < -0.4 is 14.9 Å². The molecule has 9 rings (SSSR count). The summed E-state index contributed by atoms with van der Waals surface area (Å²) < 4.78 is 87.2. The lowest BCUT2D eigenvalue weighted by Gasteiger charge is -2.45. The number of phenols is 1. The number of hydrogen-bond acceptors (Lipinski definition) is 21. The molecule has 0 spiro atoms. The molecule has 1 N–H and O–H groups in total. The second-order valence-electron chi connectivity index (χ2n) is 21.0. The molecule has 1 aromatic heterocycles. The van der Waals surface area contributed by atoms with E-state index in [1.807, 2.05) is 121 Å². The van der Waals surface area contributed by atoms with E-state index in [9.17, 15) is 29.1 Å². The van der Waals surface area contributed by atoms with Gasteiger partial charge in [-0.1, -0.05) is 128 Å². The van der Waals surface area contributed by atoms with Gasteiger partial charge in [0.15, 0.2) is 24.3 Å². The number of carbonyl (C=O) groups is 5. The summed E-state index contributed by atoms with van der Waals surface area (Å²) in [6.45, 7) is 6.87. The third-order valence-corrected chi connectivity index (χ3v) is 14.2. The maximum Gasteiger partial charge on any atom is 0.303 e. The molecule has 6 aromatic rings. The Hall–Kier alpha value is -8.86. The van der Waals surface area contributed by atoms with Crippen LogP contribution >= 0.6 is 0 Å². The molecule has 0 amide bonds. The Labute approximate surface area is 501 Å². The van der Waals surface area contributed by atoms with E-state index < -0.39 is 121 Å². The van der Waals surface area contributed by atoms with Gasteiger partial charge in [0.1, 0.15) is 78.6 Å². The summed E-state index contributed by atoms with van der Waals surface area (Å²) >= 11 is 0.